The van der Waals surface area contributed by atoms with E-state index in [4.69, 9.17) is 21.1 Å². The summed E-state index contributed by atoms with van der Waals surface area (Å²) in [6.07, 6.45) is 0. The molecule has 1 aromatic heterocycles. The summed E-state index contributed by atoms with van der Waals surface area (Å²) < 4.78 is 10.5. The number of hydrogen-bond acceptors (Lipinski definition) is 4. The van der Waals surface area contributed by atoms with E-state index in [9.17, 15) is 0 Å². The van der Waals surface area contributed by atoms with Crippen LogP contribution in [0.15, 0.2) is 24.3 Å². The first-order chi connectivity index (χ1) is 9.63. The summed E-state index contributed by atoms with van der Waals surface area (Å²) >= 11 is 8.05. The molecule has 0 aliphatic rings. The van der Waals surface area contributed by atoms with E-state index in [0.29, 0.717) is 23.1 Å². The first-order valence-electron chi connectivity index (χ1n) is 6.30. The predicted molar refractivity (Wildman–Crippen MR) is 84.2 cm³/mol. The molecule has 0 radical (unpaired) electrons. The van der Waals surface area contributed by atoms with E-state index in [2.05, 4.69) is 24.4 Å². The van der Waals surface area contributed by atoms with Gasteiger partial charge < -0.3 is 14.8 Å². The standard InChI is InChI=1S/C15H18ClNO2S/c1-10-4-5-12(20-10)9-17-8-11-6-14(18-2)15(19-3)7-13(11)16/h4-7,17H,8-9H2,1-3H3. The van der Waals surface area contributed by atoms with Gasteiger partial charge in [0.25, 0.3) is 0 Å². The van der Waals surface area contributed by atoms with E-state index in [1.165, 1.54) is 9.75 Å². The first-order valence-corrected chi connectivity index (χ1v) is 7.50. The fraction of sp³-hybridized carbons (Fsp3) is 0.333. The third-order valence-corrected chi connectivity index (χ3v) is 4.32. The lowest BCUT2D eigenvalue weighted by Gasteiger charge is -2.12. The van der Waals surface area contributed by atoms with Crippen LogP contribution in [0.1, 0.15) is 15.3 Å². The molecule has 3 nitrogen and oxygen atoms in total. The van der Waals surface area contributed by atoms with Gasteiger partial charge in [-0.2, -0.15) is 0 Å². The number of aryl methyl sites for hydroxylation is 1. The average molecular weight is 312 g/mol. The molecule has 1 heterocycles. The van der Waals surface area contributed by atoms with Crippen molar-refractivity contribution in [2.75, 3.05) is 14.2 Å². The van der Waals surface area contributed by atoms with E-state index in [-0.39, 0.29) is 0 Å². The van der Waals surface area contributed by atoms with E-state index >= 15 is 0 Å². The van der Waals surface area contributed by atoms with Gasteiger partial charge in [0.15, 0.2) is 11.5 Å². The maximum atomic E-state index is 6.25. The zero-order valence-electron chi connectivity index (χ0n) is 11.8. The van der Waals surface area contributed by atoms with Crippen LogP contribution in [0.25, 0.3) is 0 Å². The summed E-state index contributed by atoms with van der Waals surface area (Å²) in [4.78, 5) is 2.64. The predicted octanol–water partition coefficient (Wildman–Crippen LogP) is 4.02. The van der Waals surface area contributed by atoms with Crippen LogP contribution in [-0.4, -0.2) is 14.2 Å². The Morgan fingerprint density at radius 1 is 1.10 bits per heavy atom. The lowest BCUT2D eigenvalue weighted by molar-refractivity contribution is 0.354. The molecule has 0 fully saturated rings. The van der Waals surface area contributed by atoms with E-state index in [1.54, 1.807) is 31.6 Å². The molecule has 0 saturated carbocycles. The molecular weight excluding hydrogens is 294 g/mol. The van der Waals surface area contributed by atoms with Crippen molar-refractivity contribution in [3.63, 3.8) is 0 Å². The van der Waals surface area contributed by atoms with Gasteiger partial charge in [-0.1, -0.05) is 11.6 Å². The fourth-order valence-electron chi connectivity index (χ4n) is 1.93. The number of benzene rings is 1. The molecule has 0 spiro atoms. The molecular formula is C15H18ClNO2S. The molecule has 0 aliphatic heterocycles. The van der Waals surface area contributed by atoms with Gasteiger partial charge in [0.05, 0.1) is 14.2 Å². The van der Waals surface area contributed by atoms with Crippen molar-refractivity contribution in [2.24, 2.45) is 0 Å². The molecule has 108 valence electrons. The van der Waals surface area contributed by atoms with Crippen LogP contribution < -0.4 is 14.8 Å². The van der Waals surface area contributed by atoms with E-state index in [0.717, 1.165) is 12.1 Å². The first kappa shape index (κ1) is 15.2. The van der Waals surface area contributed by atoms with Crippen molar-refractivity contribution in [2.45, 2.75) is 20.0 Å². The molecule has 0 saturated heterocycles. The molecule has 0 atom stereocenters. The van der Waals surface area contributed by atoms with Gasteiger partial charge in [0.1, 0.15) is 0 Å². The zero-order chi connectivity index (χ0) is 14.5. The van der Waals surface area contributed by atoms with Gasteiger partial charge >= 0.3 is 0 Å². The largest absolute Gasteiger partial charge is 0.493 e. The summed E-state index contributed by atoms with van der Waals surface area (Å²) in [5, 5.41) is 4.07. The Hall–Kier alpha value is -1.23. The van der Waals surface area contributed by atoms with Crippen LogP contribution in [0.4, 0.5) is 0 Å². The van der Waals surface area contributed by atoms with Crippen molar-refractivity contribution in [3.05, 3.63) is 44.6 Å². The van der Waals surface area contributed by atoms with Gasteiger partial charge in [0, 0.05) is 33.9 Å². The third-order valence-electron chi connectivity index (χ3n) is 2.96. The van der Waals surface area contributed by atoms with Gasteiger partial charge in [-0.15, -0.1) is 11.3 Å². The summed E-state index contributed by atoms with van der Waals surface area (Å²) in [5.74, 6) is 1.34. The fourth-order valence-corrected chi connectivity index (χ4v) is 3.01. The topological polar surface area (TPSA) is 30.5 Å². The number of methoxy groups -OCH3 is 2. The van der Waals surface area contributed by atoms with Gasteiger partial charge in [-0.05, 0) is 30.7 Å². The summed E-state index contributed by atoms with van der Waals surface area (Å²) in [5.41, 5.74) is 0.998. The van der Waals surface area contributed by atoms with Crippen LogP contribution in [-0.2, 0) is 13.1 Å². The van der Waals surface area contributed by atoms with Crippen LogP contribution in [0.5, 0.6) is 11.5 Å². The van der Waals surface area contributed by atoms with Crippen molar-refractivity contribution in [1.29, 1.82) is 0 Å². The number of halogens is 1. The summed E-state index contributed by atoms with van der Waals surface area (Å²) in [6, 6.07) is 7.97. The second kappa shape index (κ2) is 6.97. The molecule has 20 heavy (non-hydrogen) atoms. The molecule has 0 unspecified atom stereocenters. The second-order valence-corrected chi connectivity index (χ2v) is 6.19. The van der Waals surface area contributed by atoms with Gasteiger partial charge in [-0.25, -0.2) is 0 Å². The van der Waals surface area contributed by atoms with Crippen molar-refractivity contribution < 1.29 is 9.47 Å². The molecule has 1 N–H and O–H groups in total. The molecule has 5 heteroatoms. The minimum Gasteiger partial charge on any atom is -0.493 e. The SMILES string of the molecule is COc1cc(Cl)c(CNCc2ccc(C)s2)cc1OC. The van der Waals surface area contributed by atoms with Crippen LogP contribution in [0, 0.1) is 6.92 Å². The van der Waals surface area contributed by atoms with Crippen molar-refractivity contribution >= 4 is 22.9 Å². The minimum atomic E-state index is 0.648. The summed E-state index contributed by atoms with van der Waals surface area (Å²) in [7, 11) is 3.22. The third kappa shape index (κ3) is 3.66. The molecule has 0 bridgehead atoms. The number of nitrogens with one attached hydrogen (secondary N) is 1. The maximum Gasteiger partial charge on any atom is 0.162 e. The monoisotopic (exact) mass is 311 g/mol. The summed E-state index contributed by atoms with van der Waals surface area (Å²) in [6.45, 7) is 3.64. The highest BCUT2D eigenvalue weighted by Crippen LogP contribution is 2.33. The Bertz CT molecular complexity index is 583. The van der Waals surface area contributed by atoms with Crippen LogP contribution in [0.3, 0.4) is 0 Å². The second-order valence-electron chi connectivity index (χ2n) is 4.41. The van der Waals surface area contributed by atoms with Crippen molar-refractivity contribution in [3.8, 4) is 11.5 Å². The lowest BCUT2D eigenvalue weighted by Crippen LogP contribution is -2.12. The zero-order valence-corrected chi connectivity index (χ0v) is 13.4. The maximum absolute atomic E-state index is 6.25. The Balaban J connectivity index is 2.02. The number of ether oxygens (including phenoxy) is 2. The Morgan fingerprint density at radius 2 is 1.80 bits per heavy atom. The molecule has 1 aromatic carbocycles. The van der Waals surface area contributed by atoms with Crippen LogP contribution in [0.2, 0.25) is 5.02 Å². The quantitative estimate of drug-likeness (QED) is 0.874. The van der Waals surface area contributed by atoms with E-state index in [1.807, 2.05) is 6.07 Å². The Labute approximate surface area is 128 Å². The van der Waals surface area contributed by atoms with Gasteiger partial charge in [-0.3, -0.25) is 0 Å². The average Bonchev–Trinajstić information content (AvgIpc) is 2.85. The van der Waals surface area contributed by atoms with Gasteiger partial charge in [0.2, 0.25) is 0 Å². The van der Waals surface area contributed by atoms with E-state index < -0.39 is 0 Å². The number of thiophene rings is 1. The minimum absolute atomic E-state index is 0.648. The molecule has 2 rings (SSSR count). The normalized spacial score (nSPS) is 10.6. The number of rotatable bonds is 6. The highest BCUT2D eigenvalue weighted by atomic mass is 35.5. The lowest BCUT2D eigenvalue weighted by atomic mass is 10.2. The van der Waals surface area contributed by atoms with Crippen molar-refractivity contribution in [1.82, 2.24) is 5.32 Å². The Kier molecular flexibility index (Phi) is 5.29. The highest BCUT2D eigenvalue weighted by Gasteiger charge is 2.09. The molecule has 2 aromatic rings. The van der Waals surface area contributed by atoms with Crippen LogP contribution >= 0.6 is 22.9 Å². The molecule has 0 aliphatic carbocycles. The smallest absolute Gasteiger partial charge is 0.162 e. The molecule has 0 amide bonds. The Morgan fingerprint density at radius 3 is 2.40 bits per heavy atom. The number of hydrogen-bond donors (Lipinski definition) is 1. The highest BCUT2D eigenvalue weighted by molar-refractivity contribution is 7.11.